The Labute approximate surface area is 74.5 Å². The molecule has 0 saturated carbocycles. The summed E-state index contributed by atoms with van der Waals surface area (Å²) in [4.78, 5) is 9.84. The molecule has 2 aliphatic rings. The molecule has 0 bridgehead atoms. The van der Waals surface area contributed by atoms with Gasteiger partial charge < -0.3 is 4.74 Å². The SMILES string of the molecule is C[SiH](C)C1(C2OO2)CCCCO1. The zero-order chi connectivity index (χ0) is 8.60. The molecule has 2 rings (SSSR count). The van der Waals surface area contributed by atoms with Gasteiger partial charge in [-0.1, -0.05) is 13.1 Å². The molecular weight excluding hydrogens is 172 g/mol. The predicted octanol–water partition coefficient (Wildman–Crippen LogP) is 1.24. The Kier molecular flexibility index (Phi) is 2.24. The Balaban J connectivity index is 2.08. The van der Waals surface area contributed by atoms with Crippen molar-refractivity contribution in [3.05, 3.63) is 0 Å². The van der Waals surface area contributed by atoms with E-state index in [1.807, 2.05) is 0 Å². The Bertz CT molecular complexity index is 158. The van der Waals surface area contributed by atoms with Crippen molar-refractivity contribution >= 4 is 8.80 Å². The van der Waals surface area contributed by atoms with Gasteiger partial charge in [0.2, 0.25) is 6.29 Å². The second-order valence-corrected chi connectivity index (χ2v) is 7.23. The third kappa shape index (κ3) is 1.33. The largest absolute Gasteiger partial charge is 0.373 e. The molecule has 2 fully saturated rings. The normalized spacial score (nSPS) is 37.2. The Morgan fingerprint density at radius 1 is 1.25 bits per heavy atom. The first kappa shape index (κ1) is 8.68. The lowest BCUT2D eigenvalue weighted by atomic mass is 10.1. The summed E-state index contributed by atoms with van der Waals surface area (Å²) in [6, 6.07) is 0. The van der Waals surface area contributed by atoms with Crippen molar-refractivity contribution in [2.24, 2.45) is 0 Å². The summed E-state index contributed by atoms with van der Waals surface area (Å²) in [6.07, 6.45) is 3.54. The van der Waals surface area contributed by atoms with E-state index in [9.17, 15) is 0 Å². The van der Waals surface area contributed by atoms with Crippen LogP contribution in [0.1, 0.15) is 19.3 Å². The fourth-order valence-corrected chi connectivity index (χ4v) is 3.83. The molecule has 0 aromatic heterocycles. The molecule has 12 heavy (non-hydrogen) atoms. The summed E-state index contributed by atoms with van der Waals surface area (Å²) in [5.74, 6) is 0. The minimum atomic E-state index is -0.855. The highest BCUT2D eigenvalue weighted by molar-refractivity contribution is 6.59. The molecule has 4 heteroatoms. The van der Waals surface area contributed by atoms with E-state index in [2.05, 4.69) is 13.1 Å². The molecule has 70 valence electrons. The van der Waals surface area contributed by atoms with E-state index >= 15 is 0 Å². The monoisotopic (exact) mass is 188 g/mol. The molecule has 0 radical (unpaired) electrons. The highest BCUT2D eigenvalue weighted by atomic mass is 28.3. The van der Waals surface area contributed by atoms with Crippen LogP contribution in [0.25, 0.3) is 0 Å². The fourth-order valence-electron chi connectivity index (χ4n) is 1.94. The first-order chi connectivity index (χ1) is 5.76. The number of rotatable bonds is 2. The fraction of sp³-hybridized carbons (Fsp3) is 1.00. The molecular formula is C8H16O3Si. The standard InChI is InChI=1S/C8H16O3Si/c1-12(2)8(7-10-11-7)5-3-4-6-9-8/h7,12H,3-6H2,1-2H3. The van der Waals surface area contributed by atoms with Gasteiger partial charge in [0.1, 0.15) is 5.22 Å². The zero-order valence-corrected chi connectivity index (χ0v) is 8.86. The predicted molar refractivity (Wildman–Crippen MR) is 47.4 cm³/mol. The van der Waals surface area contributed by atoms with Gasteiger partial charge >= 0.3 is 0 Å². The number of hydrogen-bond acceptors (Lipinski definition) is 3. The summed E-state index contributed by atoms with van der Waals surface area (Å²) in [5, 5.41) is -0.0156. The van der Waals surface area contributed by atoms with Crippen LogP contribution in [0.5, 0.6) is 0 Å². The lowest BCUT2D eigenvalue weighted by molar-refractivity contribution is -0.0419. The molecule has 0 spiro atoms. The molecule has 2 aliphatic heterocycles. The van der Waals surface area contributed by atoms with Gasteiger partial charge in [0.15, 0.2) is 0 Å². The minimum absolute atomic E-state index is 0.0156. The molecule has 0 aromatic carbocycles. The second-order valence-electron chi connectivity index (χ2n) is 3.94. The summed E-state index contributed by atoms with van der Waals surface area (Å²) >= 11 is 0. The summed E-state index contributed by atoms with van der Waals surface area (Å²) < 4.78 is 5.86. The first-order valence-electron chi connectivity index (χ1n) is 4.72. The van der Waals surface area contributed by atoms with Crippen molar-refractivity contribution in [2.45, 2.75) is 43.9 Å². The van der Waals surface area contributed by atoms with Crippen molar-refractivity contribution in [3.63, 3.8) is 0 Å². The molecule has 0 N–H and O–H groups in total. The molecule has 0 aliphatic carbocycles. The van der Waals surface area contributed by atoms with Crippen LogP contribution in [-0.4, -0.2) is 26.9 Å². The average molecular weight is 188 g/mol. The highest BCUT2D eigenvalue weighted by Crippen LogP contribution is 2.38. The average Bonchev–Trinajstić information content (AvgIpc) is 2.88. The molecule has 2 saturated heterocycles. The van der Waals surface area contributed by atoms with Crippen LogP contribution in [0.4, 0.5) is 0 Å². The molecule has 0 aromatic rings. The summed E-state index contributed by atoms with van der Waals surface area (Å²) in [7, 11) is -0.855. The van der Waals surface area contributed by atoms with Gasteiger partial charge in [0.05, 0.1) is 8.80 Å². The second kappa shape index (κ2) is 3.10. The Morgan fingerprint density at radius 2 is 2.00 bits per heavy atom. The van der Waals surface area contributed by atoms with Crippen LogP contribution in [0, 0.1) is 0 Å². The van der Waals surface area contributed by atoms with E-state index in [0.29, 0.717) is 0 Å². The smallest absolute Gasteiger partial charge is 0.249 e. The number of hydrogen-bond donors (Lipinski definition) is 0. The van der Waals surface area contributed by atoms with E-state index in [-0.39, 0.29) is 11.5 Å². The maximum atomic E-state index is 5.86. The van der Waals surface area contributed by atoms with Gasteiger partial charge in [0, 0.05) is 6.61 Å². The van der Waals surface area contributed by atoms with Gasteiger partial charge in [-0.15, -0.1) is 0 Å². The van der Waals surface area contributed by atoms with Gasteiger partial charge in [0.25, 0.3) is 0 Å². The van der Waals surface area contributed by atoms with Crippen LogP contribution in [0.3, 0.4) is 0 Å². The lowest BCUT2D eigenvalue weighted by Crippen LogP contribution is -2.51. The van der Waals surface area contributed by atoms with Crippen molar-refractivity contribution in [1.29, 1.82) is 0 Å². The van der Waals surface area contributed by atoms with Crippen molar-refractivity contribution in [2.75, 3.05) is 6.61 Å². The molecule has 1 unspecified atom stereocenters. The van der Waals surface area contributed by atoms with Crippen molar-refractivity contribution < 1.29 is 14.5 Å². The highest BCUT2D eigenvalue weighted by Gasteiger charge is 2.54. The van der Waals surface area contributed by atoms with E-state index in [0.717, 1.165) is 13.0 Å². The van der Waals surface area contributed by atoms with Crippen LogP contribution < -0.4 is 0 Å². The molecule has 3 nitrogen and oxygen atoms in total. The van der Waals surface area contributed by atoms with Crippen LogP contribution in [0.2, 0.25) is 13.1 Å². The quantitative estimate of drug-likeness (QED) is 0.371. The van der Waals surface area contributed by atoms with Crippen LogP contribution >= 0.6 is 0 Å². The lowest BCUT2D eigenvalue weighted by Gasteiger charge is -2.37. The van der Waals surface area contributed by atoms with Gasteiger partial charge in [-0.25, -0.2) is 0 Å². The Morgan fingerprint density at radius 3 is 2.42 bits per heavy atom. The molecule has 2 heterocycles. The van der Waals surface area contributed by atoms with Gasteiger partial charge in [-0.2, -0.15) is 9.78 Å². The van der Waals surface area contributed by atoms with E-state index < -0.39 is 8.80 Å². The summed E-state index contributed by atoms with van der Waals surface area (Å²) in [6.45, 7) is 5.49. The number of ether oxygens (including phenoxy) is 1. The molecule has 1 atom stereocenters. The maximum absolute atomic E-state index is 5.86. The minimum Gasteiger partial charge on any atom is -0.373 e. The van der Waals surface area contributed by atoms with E-state index in [1.165, 1.54) is 12.8 Å². The van der Waals surface area contributed by atoms with E-state index in [4.69, 9.17) is 14.5 Å². The zero-order valence-electron chi connectivity index (χ0n) is 7.71. The van der Waals surface area contributed by atoms with Crippen molar-refractivity contribution in [1.82, 2.24) is 0 Å². The third-order valence-corrected chi connectivity index (χ3v) is 5.58. The van der Waals surface area contributed by atoms with Crippen molar-refractivity contribution in [3.8, 4) is 0 Å². The summed E-state index contributed by atoms with van der Waals surface area (Å²) in [5.41, 5.74) is 0. The maximum Gasteiger partial charge on any atom is 0.249 e. The van der Waals surface area contributed by atoms with Crippen LogP contribution in [-0.2, 0) is 14.5 Å². The molecule has 0 amide bonds. The van der Waals surface area contributed by atoms with Gasteiger partial charge in [-0.05, 0) is 19.3 Å². The Hall–Kier alpha value is 0.0969. The van der Waals surface area contributed by atoms with Crippen LogP contribution in [0.15, 0.2) is 0 Å². The van der Waals surface area contributed by atoms with E-state index in [1.54, 1.807) is 0 Å². The van der Waals surface area contributed by atoms with Gasteiger partial charge in [-0.3, -0.25) is 0 Å². The third-order valence-electron chi connectivity index (χ3n) is 2.90. The topological polar surface area (TPSA) is 34.3 Å². The first-order valence-corrected chi connectivity index (χ1v) is 7.60.